The van der Waals surface area contributed by atoms with Gasteiger partial charge >= 0.3 is 0 Å². The molecule has 84 valence electrons. The number of rotatable bonds is 1. The normalized spacial score (nSPS) is 15.1. The van der Waals surface area contributed by atoms with Crippen LogP contribution in [0.15, 0.2) is 23.3 Å². The molecule has 1 aliphatic rings. The number of hydrogen-bond donors (Lipinski definition) is 3. The number of hydrogen-bond acceptors (Lipinski definition) is 3. The summed E-state index contributed by atoms with van der Waals surface area (Å²) in [6.07, 6.45) is 0.608. The monoisotopic (exact) mass is 238 g/mol. The van der Waals surface area contributed by atoms with Crippen molar-refractivity contribution < 1.29 is 5.11 Å². The van der Waals surface area contributed by atoms with Gasteiger partial charge in [0.05, 0.1) is 22.8 Å². The molecule has 0 bridgehead atoms. The predicted molar refractivity (Wildman–Crippen MR) is 62.9 cm³/mol. The summed E-state index contributed by atoms with van der Waals surface area (Å²) in [4.78, 5) is 0. The second-order valence-corrected chi connectivity index (χ2v) is 3.85. The third-order valence-electron chi connectivity index (χ3n) is 2.36. The topological polar surface area (TPSA) is 85.7 Å². The molecule has 0 saturated carbocycles. The van der Waals surface area contributed by atoms with E-state index in [1.165, 1.54) is 5.01 Å². The largest absolute Gasteiger partial charge is 0.507 e. The van der Waals surface area contributed by atoms with Crippen LogP contribution in [0.25, 0.3) is 0 Å². The smallest absolute Gasteiger partial charge is 0.209 e. The second-order valence-electron chi connectivity index (χ2n) is 3.44. The summed E-state index contributed by atoms with van der Waals surface area (Å²) in [5, 5.41) is 22.9. The number of nitrogens with one attached hydrogen (secondary N) is 1. The van der Waals surface area contributed by atoms with Crippen LogP contribution in [-0.4, -0.2) is 28.3 Å². The molecule has 5 nitrogen and oxygen atoms in total. The Balaban J connectivity index is 2.39. The highest BCUT2D eigenvalue weighted by Gasteiger charge is 2.21. The van der Waals surface area contributed by atoms with Crippen LogP contribution in [0.4, 0.5) is 0 Å². The zero-order chi connectivity index (χ0) is 11.7. The number of benzene rings is 1. The molecule has 1 heterocycles. The number of hydrazone groups is 1. The molecule has 0 radical (unpaired) electrons. The Hall–Kier alpha value is -1.75. The molecule has 0 unspecified atom stereocenters. The first-order chi connectivity index (χ1) is 7.59. The highest BCUT2D eigenvalue weighted by atomic mass is 35.5. The molecule has 0 aliphatic carbocycles. The molecule has 16 heavy (non-hydrogen) atoms. The first kappa shape index (κ1) is 10.8. The van der Waals surface area contributed by atoms with Crippen LogP contribution < -0.4 is 5.73 Å². The molecule has 6 heteroatoms. The van der Waals surface area contributed by atoms with Gasteiger partial charge in [-0.25, -0.2) is 5.01 Å². The fourth-order valence-electron chi connectivity index (χ4n) is 1.61. The van der Waals surface area contributed by atoms with Gasteiger partial charge in [-0.3, -0.25) is 5.41 Å². The Bertz CT molecular complexity index is 452. The molecule has 0 amide bonds. The number of nitrogens with zero attached hydrogens (tertiary/aromatic N) is 2. The predicted octanol–water partition coefficient (Wildman–Crippen LogP) is 1.35. The second kappa shape index (κ2) is 4.02. The summed E-state index contributed by atoms with van der Waals surface area (Å²) in [6.45, 7) is 0.537. The van der Waals surface area contributed by atoms with Gasteiger partial charge in [0.15, 0.2) is 0 Å². The van der Waals surface area contributed by atoms with Crippen LogP contribution in [0.3, 0.4) is 0 Å². The lowest BCUT2D eigenvalue weighted by Gasteiger charge is -2.08. The quantitative estimate of drug-likeness (QED) is 0.510. The van der Waals surface area contributed by atoms with Crippen LogP contribution in [0.2, 0.25) is 5.02 Å². The van der Waals surface area contributed by atoms with Crippen molar-refractivity contribution >= 4 is 23.3 Å². The number of halogens is 1. The maximum Gasteiger partial charge on any atom is 0.209 e. The molecule has 1 aliphatic heterocycles. The molecule has 0 fully saturated rings. The Morgan fingerprint density at radius 3 is 2.88 bits per heavy atom. The third kappa shape index (κ3) is 1.81. The van der Waals surface area contributed by atoms with Crippen LogP contribution >= 0.6 is 11.6 Å². The summed E-state index contributed by atoms with van der Waals surface area (Å²) in [6, 6.07) is 4.91. The van der Waals surface area contributed by atoms with Crippen molar-refractivity contribution in [3.05, 3.63) is 28.8 Å². The van der Waals surface area contributed by atoms with Gasteiger partial charge < -0.3 is 10.8 Å². The van der Waals surface area contributed by atoms with Gasteiger partial charge in [-0.1, -0.05) is 17.7 Å². The van der Waals surface area contributed by atoms with Gasteiger partial charge in [-0.2, -0.15) is 5.10 Å². The van der Waals surface area contributed by atoms with Crippen LogP contribution in [0.1, 0.15) is 12.0 Å². The maximum atomic E-state index is 9.71. The van der Waals surface area contributed by atoms with Crippen molar-refractivity contribution in [2.45, 2.75) is 6.42 Å². The van der Waals surface area contributed by atoms with Crippen LogP contribution in [0, 0.1) is 5.41 Å². The van der Waals surface area contributed by atoms with E-state index in [2.05, 4.69) is 5.10 Å². The fraction of sp³-hybridized carbons (Fsp3) is 0.200. The first-order valence-corrected chi connectivity index (χ1v) is 5.14. The minimum absolute atomic E-state index is 0.0941. The van der Waals surface area contributed by atoms with Gasteiger partial charge in [0.1, 0.15) is 5.75 Å². The summed E-state index contributed by atoms with van der Waals surface area (Å²) in [7, 11) is 0. The van der Waals surface area contributed by atoms with Gasteiger partial charge in [0, 0.05) is 6.42 Å². The molecule has 0 saturated heterocycles. The van der Waals surface area contributed by atoms with Crippen molar-refractivity contribution in [2.75, 3.05) is 6.54 Å². The van der Waals surface area contributed by atoms with E-state index in [9.17, 15) is 5.11 Å². The summed E-state index contributed by atoms with van der Waals surface area (Å²) in [5.74, 6) is -0.0156. The minimum Gasteiger partial charge on any atom is -0.507 e. The molecule has 2 rings (SSSR count). The highest BCUT2D eigenvalue weighted by molar-refractivity contribution is 6.34. The van der Waals surface area contributed by atoms with Crippen LogP contribution in [-0.2, 0) is 0 Å². The molecule has 4 N–H and O–H groups in total. The standard InChI is InChI=1S/C10H11ClN4O/c11-6-2-1-3-8(16)9(6)7-4-5-15(14-7)10(12)13/h1-3,16H,4-5H2,(H3,12,13). The van der Waals surface area contributed by atoms with E-state index in [-0.39, 0.29) is 11.7 Å². The summed E-state index contributed by atoms with van der Waals surface area (Å²) < 4.78 is 0. The molecule has 0 spiro atoms. The number of guanidine groups is 1. The van der Waals surface area contributed by atoms with E-state index < -0.39 is 0 Å². The lowest BCUT2D eigenvalue weighted by Crippen LogP contribution is -2.29. The summed E-state index contributed by atoms with van der Waals surface area (Å²) >= 11 is 5.99. The maximum absolute atomic E-state index is 9.71. The van der Waals surface area contributed by atoms with Gasteiger partial charge in [0.2, 0.25) is 5.96 Å². The van der Waals surface area contributed by atoms with Crippen molar-refractivity contribution in [3.63, 3.8) is 0 Å². The first-order valence-electron chi connectivity index (χ1n) is 4.76. The lowest BCUT2D eigenvalue weighted by molar-refractivity contribution is 0.473. The molecular formula is C10H11ClN4O. The average Bonchev–Trinajstić information content (AvgIpc) is 2.66. The zero-order valence-corrected chi connectivity index (χ0v) is 9.20. The SMILES string of the molecule is N=C(N)N1CCC(c2c(O)cccc2Cl)=N1. The van der Waals surface area contributed by atoms with E-state index in [0.29, 0.717) is 29.3 Å². The fourth-order valence-corrected chi connectivity index (χ4v) is 1.88. The lowest BCUT2D eigenvalue weighted by atomic mass is 10.1. The molecular weight excluding hydrogens is 228 g/mol. The van der Waals surface area contributed by atoms with Crippen molar-refractivity contribution in [1.82, 2.24) is 5.01 Å². The average molecular weight is 239 g/mol. The third-order valence-corrected chi connectivity index (χ3v) is 2.68. The number of phenols is 1. The molecule has 0 aromatic heterocycles. The van der Waals surface area contributed by atoms with Gasteiger partial charge in [-0.05, 0) is 12.1 Å². The van der Waals surface area contributed by atoms with E-state index in [0.717, 1.165) is 0 Å². The van der Waals surface area contributed by atoms with E-state index in [4.69, 9.17) is 22.7 Å². The Kier molecular flexibility index (Phi) is 2.70. The molecule has 0 atom stereocenters. The highest BCUT2D eigenvalue weighted by Crippen LogP contribution is 2.28. The Morgan fingerprint density at radius 2 is 2.31 bits per heavy atom. The number of nitrogens with two attached hydrogens (primary N) is 1. The van der Waals surface area contributed by atoms with Crippen molar-refractivity contribution in [1.29, 1.82) is 5.41 Å². The molecule has 1 aromatic rings. The van der Waals surface area contributed by atoms with Crippen molar-refractivity contribution in [2.24, 2.45) is 10.8 Å². The van der Waals surface area contributed by atoms with E-state index in [1.54, 1.807) is 18.2 Å². The molecule has 1 aromatic carbocycles. The number of aromatic hydroxyl groups is 1. The number of phenolic OH excluding ortho intramolecular Hbond substituents is 1. The van der Waals surface area contributed by atoms with E-state index in [1.807, 2.05) is 0 Å². The Morgan fingerprint density at radius 1 is 1.56 bits per heavy atom. The zero-order valence-electron chi connectivity index (χ0n) is 8.44. The van der Waals surface area contributed by atoms with E-state index >= 15 is 0 Å². The van der Waals surface area contributed by atoms with Crippen molar-refractivity contribution in [3.8, 4) is 5.75 Å². The summed E-state index contributed by atoms with van der Waals surface area (Å²) in [5.41, 5.74) is 6.49. The van der Waals surface area contributed by atoms with Gasteiger partial charge in [-0.15, -0.1) is 0 Å². The van der Waals surface area contributed by atoms with Gasteiger partial charge in [0.25, 0.3) is 0 Å². The van der Waals surface area contributed by atoms with Crippen LogP contribution in [0.5, 0.6) is 5.75 Å². The minimum atomic E-state index is -0.110. The Labute approximate surface area is 97.6 Å².